The van der Waals surface area contributed by atoms with Crippen molar-refractivity contribution < 1.29 is 0 Å². The van der Waals surface area contributed by atoms with Crippen LogP contribution in [0.2, 0.25) is 0 Å². The number of benzene rings is 5. The van der Waals surface area contributed by atoms with Gasteiger partial charge in [0.25, 0.3) is 0 Å². The molecule has 0 atom stereocenters. The minimum absolute atomic E-state index is 0.919. The van der Waals surface area contributed by atoms with Gasteiger partial charge in [-0.2, -0.15) is 0 Å². The van der Waals surface area contributed by atoms with E-state index in [-0.39, 0.29) is 0 Å². The van der Waals surface area contributed by atoms with Crippen molar-refractivity contribution in [3.8, 4) is 22.8 Å². The summed E-state index contributed by atoms with van der Waals surface area (Å²) in [4.78, 5) is 5.10. The van der Waals surface area contributed by atoms with E-state index in [9.17, 15) is 0 Å². The zero-order valence-electron chi connectivity index (χ0n) is 20.6. The third-order valence-corrected chi connectivity index (χ3v) is 7.53. The molecule has 0 saturated carbocycles. The average Bonchev–Trinajstić information content (AvgIpc) is 3.50. The molecule has 0 aliphatic carbocycles. The smallest absolute Gasteiger partial charge is 0.138 e. The largest absolute Gasteiger partial charge is 0.309 e. The molecule has 0 amide bonds. The van der Waals surface area contributed by atoms with E-state index in [0.717, 1.165) is 33.8 Å². The molecule has 5 aromatic carbocycles. The molecule has 8 rings (SSSR count). The van der Waals surface area contributed by atoms with Crippen LogP contribution in [0.15, 0.2) is 140 Å². The lowest BCUT2D eigenvalue weighted by atomic mass is 10.1. The van der Waals surface area contributed by atoms with Crippen LogP contribution < -0.4 is 0 Å². The van der Waals surface area contributed by atoms with Gasteiger partial charge >= 0.3 is 0 Å². The lowest BCUT2D eigenvalue weighted by Crippen LogP contribution is -1.99. The lowest BCUT2D eigenvalue weighted by Gasteiger charge is -2.11. The van der Waals surface area contributed by atoms with Crippen LogP contribution in [-0.2, 0) is 0 Å². The molecule has 0 saturated heterocycles. The summed E-state index contributed by atoms with van der Waals surface area (Å²) in [5, 5.41) is 4.98. The number of hydrogen-bond acceptors (Lipinski definition) is 1. The van der Waals surface area contributed by atoms with Gasteiger partial charge in [0, 0.05) is 32.8 Å². The molecule has 38 heavy (non-hydrogen) atoms. The Hall–Kier alpha value is -5.15. The fourth-order valence-electron chi connectivity index (χ4n) is 5.87. The highest BCUT2D eigenvalue weighted by Crippen LogP contribution is 2.36. The van der Waals surface area contributed by atoms with Crippen molar-refractivity contribution in [2.24, 2.45) is 0 Å². The maximum absolute atomic E-state index is 5.10. The highest BCUT2D eigenvalue weighted by atomic mass is 15.1. The van der Waals surface area contributed by atoms with Gasteiger partial charge in [-0.05, 0) is 48.5 Å². The topological polar surface area (TPSA) is 22.8 Å². The molecule has 0 aliphatic heterocycles. The van der Waals surface area contributed by atoms with Crippen molar-refractivity contribution in [2.45, 2.75) is 0 Å². The zero-order valence-corrected chi connectivity index (χ0v) is 20.6. The van der Waals surface area contributed by atoms with Gasteiger partial charge in [-0.15, -0.1) is 0 Å². The van der Waals surface area contributed by atoms with Gasteiger partial charge in [0.1, 0.15) is 5.82 Å². The van der Waals surface area contributed by atoms with Crippen LogP contribution in [0.25, 0.3) is 66.4 Å². The van der Waals surface area contributed by atoms with Crippen LogP contribution in [0.3, 0.4) is 0 Å². The van der Waals surface area contributed by atoms with E-state index in [0.29, 0.717) is 0 Å². The first-order chi connectivity index (χ1) is 18.9. The summed E-state index contributed by atoms with van der Waals surface area (Å²) >= 11 is 0. The van der Waals surface area contributed by atoms with Gasteiger partial charge in [0.2, 0.25) is 0 Å². The van der Waals surface area contributed by atoms with Crippen molar-refractivity contribution >= 4 is 43.6 Å². The van der Waals surface area contributed by atoms with Crippen LogP contribution in [0, 0.1) is 0 Å². The summed E-state index contributed by atoms with van der Waals surface area (Å²) in [6.07, 6.45) is 0. The highest BCUT2D eigenvalue weighted by molar-refractivity contribution is 6.12. The third-order valence-electron chi connectivity index (χ3n) is 7.53. The standard InChI is InChI=1S/C35H23N3/c1-2-11-24(12-3-1)30-16-10-20-35(36-30)38-33-19-9-6-15-28(33)29-23-25(21-22-34(29)38)37-31-17-7-4-13-26(31)27-14-5-8-18-32(27)37/h1-23H. The molecule has 0 fully saturated rings. The third kappa shape index (κ3) is 3.06. The predicted octanol–water partition coefficient (Wildman–Crippen LogP) is 8.94. The minimum atomic E-state index is 0.919. The first-order valence-corrected chi connectivity index (χ1v) is 12.9. The number of fused-ring (bicyclic) bond motifs is 6. The van der Waals surface area contributed by atoms with Gasteiger partial charge in [-0.1, -0.05) is 91.0 Å². The summed E-state index contributed by atoms with van der Waals surface area (Å²) in [6, 6.07) is 49.4. The van der Waals surface area contributed by atoms with Crippen molar-refractivity contribution in [1.82, 2.24) is 14.1 Å². The highest BCUT2D eigenvalue weighted by Gasteiger charge is 2.16. The fourth-order valence-corrected chi connectivity index (χ4v) is 5.87. The van der Waals surface area contributed by atoms with E-state index in [1.54, 1.807) is 0 Å². The van der Waals surface area contributed by atoms with E-state index in [1.165, 1.54) is 32.6 Å². The molecule has 178 valence electrons. The van der Waals surface area contributed by atoms with E-state index in [4.69, 9.17) is 4.98 Å². The van der Waals surface area contributed by atoms with Crippen molar-refractivity contribution in [3.63, 3.8) is 0 Å². The van der Waals surface area contributed by atoms with Gasteiger partial charge < -0.3 is 4.57 Å². The monoisotopic (exact) mass is 485 g/mol. The number of aromatic nitrogens is 3. The molecular weight excluding hydrogens is 462 g/mol. The van der Waals surface area contributed by atoms with Gasteiger partial charge in [0.15, 0.2) is 0 Å². The fraction of sp³-hybridized carbons (Fsp3) is 0. The Balaban J connectivity index is 1.40. The van der Waals surface area contributed by atoms with Crippen LogP contribution in [0.1, 0.15) is 0 Å². The number of hydrogen-bond donors (Lipinski definition) is 0. The Labute approximate surface area is 219 Å². The van der Waals surface area contributed by atoms with Gasteiger partial charge in [0.05, 0.1) is 27.8 Å². The molecule has 0 radical (unpaired) electrons. The Bertz CT molecular complexity index is 2080. The summed E-state index contributed by atoms with van der Waals surface area (Å²) in [5.41, 5.74) is 7.97. The Morgan fingerprint density at radius 3 is 1.63 bits per heavy atom. The molecule has 3 nitrogen and oxygen atoms in total. The number of nitrogens with zero attached hydrogens (tertiary/aromatic N) is 3. The van der Waals surface area contributed by atoms with E-state index in [2.05, 4.69) is 143 Å². The maximum atomic E-state index is 5.10. The van der Waals surface area contributed by atoms with Crippen LogP contribution in [0.5, 0.6) is 0 Å². The Kier molecular flexibility index (Phi) is 4.52. The summed E-state index contributed by atoms with van der Waals surface area (Å²) < 4.78 is 4.66. The number of rotatable bonds is 3. The molecule has 0 N–H and O–H groups in total. The van der Waals surface area contributed by atoms with Crippen molar-refractivity contribution in [1.29, 1.82) is 0 Å². The first-order valence-electron chi connectivity index (χ1n) is 12.9. The molecule has 3 heteroatoms. The van der Waals surface area contributed by atoms with Gasteiger partial charge in [-0.25, -0.2) is 4.98 Å². The zero-order chi connectivity index (χ0) is 25.1. The van der Waals surface area contributed by atoms with E-state index < -0.39 is 0 Å². The van der Waals surface area contributed by atoms with E-state index in [1.807, 2.05) is 6.07 Å². The number of pyridine rings is 1. The molecule has 8 aromatic rings. The Morgan fingerprint density at radius 1 is 0.395 bits per heavy atom. The second-order valence-corrected chi connectivity index (χ2v) is 9.67. The molecule has 3 heterocycles. The summed E-state index contributed by atoms with van der Waals surface area (Å²) in [7, 11) is 0. The van der Waals surface area contributed by atoms with E-state index >= 15 is 0 Å². The minimum Gasteiger partial charge on any atom is -0.309 e. The lowest BCUT2D eigenvalue weighted by molar-refractivity contribution is 1.08. The second kappa shape index (κ2) is 8.19. The summed E-state index contributed by atoms with van der Waals surface area (Å²) in [5.74, 6) is 0.919. The molecule has 0 aliphatic rings. The molecular formula is C35H23N3. The number of para-hydroxylation sites is 3. The quantitative estimate of drug-likeness (QED) is 0.245. The first kappa shape index (κ1) is 21.0. The van der Waals surface area contributed by atoms with Crippen molar-refractivity contribution in [2.75, 3.05) is 0 Å². The second-order valence-electron chi connectivity index (χ2n) is 9.67. The van der Waals surface area contributed by atoms with Crippen LogP contribution in [0.4, 0.5) is 0 Å². The predicted molar refractivity (Wildman–Crippen MR) is 158 cm³/mol. The van der Waals surface area contributed by atoms with Crippen LogP contribution >= 0.6 is 0 Å². The molecule has 0 unspecified atom stereocenters. The van der Waals surface area contributed by atoms with Crippen LogP contribution in [-0.4, -0.2) is 14.1 Å². The molecule has 3 aromatic heterocycles. The normalized spacial score (nSPS) is 11.7. The SMILES string of the molecule is c1ccc(-c2cccc(-n3c4ccccc4c4cc(-n5c6ccccc6c6ccccc65)ccc43)n2)cc1. The van der Waals surface area contributed by atoms with Gasteiger partial charge in [-0.3, -0.25) is 4.57 Å². The molecule has 0 spiro atoms. The van der Waals surface area contributed by atoms with Crippen molar-refractivity contribution in [3.05, 3.63) is 140 Å². The Morgan fingerprint density at radius 2 is 0.947 bits per heavy atom. The maximum Gasteiger partial charge on any atom is 0.138 e. The average molecular weight is 486 g/mol. The molecule has 0 bridgehead atoms. The summed E-state index contributed by atoms with van der Waals surface area (Å²) in [6.45, 7) is 0.